The number of carbonyl (C=O) groups is 1. The lowest BCUT2D eigenvalue weighted by Gasteiger charge is -2.22. The Bertz CT molecular complexity index is 358. The maximum atomic E-state index is 11.4. The number of rotatable bonds is 2. The van der Waals surface area contributed by atoms with Gasteiger partial charge in [0, 0.05) is 6.21 Å². The number of hydrogen-bond donors (Lipinski definition) is 1. The number of aliphatic imine (C=N–C) groups is 1. The van der Waals surface area contributed by atoms with Gasteiger partial charge in [-0.2, -0.15) is 0 Å². The highest BCUT2D eigenvalue weighted by Gasteiger charge is 2.24. The molecule has 2 aliphatic rings. The predicted octanol–water partition coefficient (Wildman–Crippen LogP) is 0.348. The molecular formula is C10H12N2O3. The summed E-state index contributed by atoms with van der Waals surface area (Å²) in [6, 6.07) is -0.518. The van der Waals surface area contributed by atoms with Crippen molar-refractivity contribution in [3.8, 4) is 0 Å². The second-order valence-corrected chi connectivity index (χ2v) is 3.08. The van der Waals surface area contributed by atoms with Crippen LogP contribution in [0.1, 0.15) is 6.92 Å². The van der Waals surface area contributed by atoms with Gasteiger partial charge in [-0.1, -0.05) is 0 Å². The summed E-state index contributed by atoms with van der Waals surface area (Å²) in [5.74, 6) is 0.199. The van der Waals surface area contributed by atoms with Crippen molar-refractivity contribution in [3.63, 3.8) is 0 Å². The van der Waals surface area contributed by atoms with E-state index in [1.165, 1.54) is 6.21 Å². The van der Waals surface area contributed by atoms with Gasteiger partial charge in [-0.15, -0.1) is 0 Å². The van der Waals surface area contributed by atoms with E-state index in [2.05, 4.69) is 10.3 Å². The summed E-state index contributed by atoms with van der Waals surface area (Å²) < 4.78 is 10.1. The molecule has 0 aromatic rings. The minimum Gasteiger partial charge on any atom is -0.472 e. The van der Waals surface area contributed by atoms with Crippen LogP contribution in [-0.2, 0) is 14.3 Å². The van der Waals surface area contributed by atoms with E-state index in [9.17, 15) is 4.79 Å². The fourth-order valence-electron chi connectivity index (χ4n) is 1.36. The van der Waals surface area contributed by atoms with E-state index in [4.69, 9.17) is 9.47 Å². The van der Waals surface area contributed by atoms with Gasteiger partial charge in [-0.05, 0) is 19.1 Å². The molecule has 0 radical (unpaired) electrons. The Kier molecular flexibility index (Phi) is 2.71. The molecule has 2 heterocycles. The molecule has 0 fully saturated rings. The molecule has 2 rings (SSSR count). The van der Waals surface area contributed by atoms with E-state index in [1.54, 1.807) is 6.92 Å². The Morgan fingerprint density at radius 2 is 2.67 bits per heavy atom. The van der Waals surface area contributed by atoms with Gasteiger partial charge < -0.3 is 14.8 Å². The van der Waals surface area contributed by atoms with Gasteiger partial charge in [0.05, 0.1) is 12.3 Å². The molecule has 1 unspecified atom stereocenters. The fourth-order valence-corrected chi connectivity index (χ4v) is 1.36. The van der Waals surface area contributed by atoms with Crippen molar-refractivity contribution in [1.29, 1.82) is 0 Å². The summed E-state index contributed by atoms with van der Waals surface area (Å²) in [5.41, 5.74) is 0.724. The van der Waals surface area contributed by atoms with Gasteiger partial charge in [0.1, 0.15) is 6.61 Å². The van der Waals surface area contributed by atoms with Crippen LogP contribution < -0.4 is 5.32 Å². The van der Waals surface area contributed by atoms with Gasteiger partial charge in [-0.25, -0.2) is 9.79 Å². The van der Waals surface area contributed by atoms with Crippen LogP contribution in [0.5, 0.6) is 0 Å². The van der Waals surface area contributed by atoms with Crippen LogP contribution in [-0.4, -0.2) is 31.4 Å². The maximum absolute atomic E-state index is 11.4. The highest BCUT2D eigenvalue weighted by Crippen LogP contribution is 2.15. The van der Waals surface area contributed by atoms with E-state index in [0.29, 0.717) is 19.1 Å². The summed E-state index contributed by atoms with van der Waals surface area (Å²) in [4.78, 5) is 15.5. The van der Waals surface area contributed by atoms with Gasteiger partial charge in [0.25, 0.3) is 0 Å². The first-order chi connectivity index (χ1) is 7.31. The molecule has 1 N–H and O–H groups in total. The Labute approximate surface area is 87.5 Å². The second-order valence-electron chi connectivity index (χ2n) is 3.08. The summed E-state index contributed by atoms with van der Waals surface area (Å²) in [7, 11) is 0. The third-order valence-corrected chi connectivity index (χ3v) is 2.02. The van der Waals surface area contributed by atoms with Crippen molar-refractivity contribution in [2.75, 3.05) is 13.2 Å². The molecule has 0 bridgehead atoms. The molecule has 5 nitrogen and oxygen atoms in total. The molecule has 0 aromatic heterocycles. The van der Waals surface area contributed by atoms with E-state index in [1.807, 2.05) is 12.2 Å². The zero-order chi connectivity index (χ0) is 10.7. The monoisotopic (exact) mass is 208 g/mol. The first-order valence-corrected chi connectivity index (χ1v) is 4.82. The number of allylic oxidation sites excluding steroid dienone is 1. The summed E-state index contributed by atoms with van der Waals surface area (Å²) in [6.07, 6.45) is 5.20. The summed E-state index contributed by atoms with van der Waals surface area (Å²) in [6.45, 7) is 2.65. The van der Waals surface area contributed by atoms with Gasteiger partial charge in [-0.3, -0.25) is 0 Å². The van der Waals surface area contributed by atoms with Gasteiger partial charge in [0.2, 0.25) is 5.88 Å². The lowest BCUT2D eigenvalue weighted by atomic mass is 10.2. The first kappa shape index (κ1) is 9.76. The average molecular weight is 208 g/mol. The molecule has 1 atom stereocenters. The second kappa shape index (κ2) is 4.16. The number of nitrogens with zero attached hydrogens (tertiary/aromatic N) is 1. The minimum atomic E-state index is -0.518. The largest absolute Gasteiger partial charge is 0.472 e. The molecule has 80 valence electrons. The zero-order valence-corrected chi connectivity index (χ0v) is 8.40. The van der Waals surface area contributed by atoms with Crippen molar-refractivity contribution in [1.82, 2.24) is 5.32 Å². The fraction of sp³-hybridized carbons (Fsp3) is 0.400. The van der Waals surface area contributed by atoms with Crippen molar-refractivity contribution in [3.05, 3.63) is 23.7 Å². The number of hydrogen-bond acceptors (Lipinski definition) is 5. The van der Waals surface area contributed by atoms with Crippen LogP contribution in [0, 0.1) is 0 Å². The van der Waals surface area contributed by atoms with E-state index in [0.717, 1.165) is 5.70 Å². The summed E-state index contributed by atoms with van der Waals surface area (Å²) >= 11 is 0. The molecule has 2 aliphatic heterocycles. The molecule has 15 heavy (non-hydrogen) atoms. The molecule has 0 amide bonds. The predicted molar refractivity (Wildman–Crippen MR) is 54.2 cm³/mol. The number of esters is 1. The quantitative estimate of drug-likeness (QED) is 0.665. The average Bonchev–Trinajstić information content (AvgIpc) is 2.29. The first-order valence-electron chi connectivity index (χ1n) is 4.82. The van der Waals surface area contributed by atoms with Crippen LogP contribution in [0.4, 0.5) is 0 Å². The lowest BCUT2D eigenvalue weighted by Crippen LogP contribution is -2.41. The lowest BCUT2D eigenvalue weighted by molar-refractivity contribution is -0.143. The van der Waals surface area contributed by atoms with Crippen molar-refractivity contribution in [2.45, 2.75) is 13.0 Å². The SMILES string of the molecule is CCOC(=O)C1C=NC2=C(C=CCO2)N1. The van der Waals surface area contributed by atoms with Crippen LogP contribution in [0.25, 0.3) is 0 Å². The normalized spacial score (nSPS) is 22.9. The number of nitrogens with one attached hydrogen (secondary N) is 1. The molecule has 0 aromatic carbocycles. The van der Waals surface area contributed by atoms with Crippen LogP contribution >= 0.6 is 0 Å². The highest BCUT2D eigenvalue weighted by molar-refractivity contribution is 5.95. The van der Waals surface area contributed by atoms with Gasteiger partial charge >= 0.3 is 5.97 Å². The molecule has 5 heteroatoms. The Balaban J connectivity index is 2.06. The zero-order valence-electron chi connectivity index (χ0n) is 8.40. The number of carbonyl (C=O) groups excluding carboxylic acids is 1. The smallest absolute Gasteiger partial charge is 0.334 e. The molecule has 0 saturated carbocycles. The molecular weight excluding hydrogens is 196 g/mol. The molecule has 0 spiro atoms. The molecule has 0 saturated heterocycles. The van der Waals surface area contributed by atoms with Crippen molar-refractivity contribution in [2.24, 2.45) is 4.99 Å². The van der Waals surface area contributed by atoms with Crippen LogP contribution in [0.15, 0.2) is 28.7 Å². The van der Waals surface area contributed by atoms with Gasteiger partial charge in [0.15, 0.2) is 6.04 Å². The Morgan fingerprint density at radius 1 is 1.80 bits per heavy atom. The van der Waals surface area contributed by atoms with Crippen molar-refractivity contribution < 1.29 is 14.3 Å². The topological polar surface area (TPSA) is 59.9 Å². The van der Waals surface area contributed by atoms with Crippen LogP contribution in [0.3, 0.4) is 0 Å². The third kappa shape index (κ3) is 2.01. The standard InChI is InChI=1S/C10H12N2O3/c1-2-14-10(13)8-6-11-9-7(12-8)4-3-5-15-9/h3-4,6,8,12H,2,5H2,1H3. The Hall–Kier alpha value is -1.78. The van der Waals surface area contributed by atoms with Crippen molar-refractivity contribution >= 4 is 12.2 Å². The highest BCUT2D eigenvalue weighted by atomic mass is 16.5. The van der Waals surface area contributed by atoms with E-state index in [-0.39, 0.29) is 5.97 Å². The minimum absolute atomic E-state index is 0.327. The molecule has 0 aliphatic carbocycles. The summed E-state index contributed by atoms with van der Waals surface area (Å²) in [5, 5.41) is 2.98. The number of ether oxygens (including phenoxy) is 2. The Morgan fingerprint density at radius 3 is 3.47 bits per heavy atom. The third-order valence-electron chi connectivity index (χ3n) is 2.02. The van der Waals surface area contributed by atoms with Crippen LogP contribution in [0.2, 0.25) is 0 Å². The maximum Gasteiger partial charge on any atom is 0.334 e. The van der Waals surface area contributed by atoms with E-state index >= 15 is 0 Å². The van der Waals surface area contributed by atoms with E-state index < -0.39 is 6.04 Å².